The highest BCUT2D eigenvalue weighted by atomic mass is 16.5. The van der Waals surface area contributed by atoms with Crippen LogP contribution in [0.4, 0.5) is 0 Å². The van der Waals surface area contributed by atoms with Crippen molar-refractivity contribution in [2.24, 2.45) is 0 Å². The molecule has 0 atom stereocenters. The zero-order valence-electron chi connectivity index (χ0n) is 13.5. The maximum absolute atomic E-state index is 9.48. The van der Waals surface area contributed by atoms with Crippen molar-refractivity contribution in [1.29, 1.82) is 5.26 Å². The summed E-state index contributed by atoms with van der Waals surface area (Å²) in [5.41, 5.74) is 6.70. The van der Waals surface area contributed by atoms with Gasteiger partial charge < -0.3 is 9.72 Å². The largest absolute Gasteiger partial charge is 0.497 e. The first kappa shape index (κ1) is 13.9. The number of H-pyrrole nitrogens is 1. The van der Waals surface area contributed by atoms with Gasteiger partial charge in [0.05, 0.1) is 18.7 Å². The third-order valence-electron chi connectivity index (χ3n) is 5.03. The number of methoxy groups -OCH3 is 1. The van der Waals surface area contributed by atoms with Gasteiger partial charge in [-0.25, -0.2) is 0 Å². The quantitative estimate of drug-likeness (QED) is 0.729. The molecule has 3 aromatic rings. The van der Waals surface area contributed by atoms with Crippen LogP contribution in [0.1, 0.15) is 41.8 Å². The summed E-state index contributed by atoms with van der Waals surface area (Å²) in [6.45, 7) is 4.47. The van der Waals surface area contributed by atoms with Gasteiger partial charge in [-0.05, 0) is 41.0 Å². The number of aromatic nitrogens is 1. The van der Waals surface area contributed by atoms with Crippen LogP contribution in [0.25, 0.3) is 10.9 Å². The Balaban J connectivity index is 2.04. The topological polar surface area (TPSA) is 48.8 Å². The molecule has 1 aliphatic carbocycles. The standard InChI is InChI=1S/C20H18N2O/c1-20(2)16-8-7-14(23-3)9-13(16)10-15-18-12(11-21)5-4-6-17(18)22-19(15)20/h4-9,22H,10H2,1-3H3. The molecule has 0 spiro atoms. The SMILES string of the molecule is COc1ccc2c(c1)Cc1c([nH]c3cccc(C#N)c13)C2(C)C. The summed E-state index contributed by atoms with van der Waals surface area (Å²) >= 11 is 0. The van der Waals surface area contributed by atoms with Gasteiger partial charge in [0, 0.05) is 28.4 Å². The van der Waals surface area contributed by atoms with Crippen molar-refractivity contribution in [2.45, 2.75) is 25.7 Å². The van der Waals surface area contributed by atoms with Crippen molar-refractivity contribution in [3.05, 3.63) is 64.3 Å². The number of nitrogens with one attached hydrogen (secondary N) is 1. The molecule has 114 valence electrons. The minimum absolute atomic E-state index is 0.124. The van der Waals surface area contributed by atoms with Gasteiger partial charge in [0.15, 0.2) is 0 Å². The second kappa shape index (κ2) is 4.63. The molecule has 1 aliphatic rings. The van der Waals surface area contributed by atoms with Crippen LogP contribution >= 0.6 is 0 Å². The number of nitrogens with zero attached hydrogens (tertiary/aromatic N) is 1. The molecule has 0 radical (unpaired) electrons. The van der Waals surface area contributed by atoms with Crippen LogP contribution in [0, 0.1) is 11.3 Å². The van der Waals surface area contributed by atoms with E-state index in [9.17, 15) is 5.26 Å². The van der Waals surface area contributed by atoms with Gasteiger partial charge in [0.1, 0.15) is 5.75 Å². The second-order valence-corrected chi connectivity index (χ2v) is 6.64. The van der Waals surface area contributed by atoms with E-state index in [-0.39, 0.29) is 5.41 Å². The predicted molar refractivity (Wildman–Crippen MR) is 90.9 cm³/mol. The summed E-state index contributed by atoms with van der Waals surface area (Å²) < 4.78 is 5.39. The van der Waals surface area contributed by atoms with Crippen molar-refractivity contribution >= 4 is 10.9 Å². The number of fused-ring (bicyclic) bond motifs is 4. The van der Waals surface area contributed by atoms with Crippen LogP contribution in [-0.4, -0.2) is 12.1 Å². The zero-order chi connectivity index (χ0) is 16.2. The molecule has 4 rings (SSSR count). The van der Waals surface area contributed by atoms with Gasteiger partial charge in [-0.15, -0.1) is 0 Å². The highest BCUT2D eigenvalue weighted by molar-refractivity contribution is 5.91. The lowest BCUT2D eigenvalue weighted by Gasteiger charge is -2.33. The maximum Gasteiger partial charge on any atom is 0.119 e. The van der Waals surface area contributed by atoms with Crippen LogP contribution in [0.2, 0.25) is 0 Å². The van der Waals surface area contributed by atoms with E-state index < -0.39 is 0 Å². The Morgan fingerprint density at radius 1 is 1.22 bits per heavy atom. The van der Waals surface area contributed by atoms with E-state index in [1.165, 1.54) is 22.4 Å². The first-order valence-corrected chi connectivity index (χ1v) is 7.78. The molecule has 3 nitrogen and oxygen atoms in total. The highest BCUT2D eigenvalue weighted by Gasteiger charge is 2.35. The molecule has 2 aromatic carbocycles. The van der Waals surface area contributed by atoms with E-state index in [0.29, 0.717) is 0 Å². The van der Waals surface area contributed by atoms with Crippen LogP contribution in [-0.2, 0) is 11.8 Å². The lowest BCUT2D eigenvalue weighted by molar-refractivity contribution is 0.413. The Morgan fingerprint density at radius 3 is 2.78 bits per heavy atom. The van der Waals surface area contributed by atoms with Gasteiger partial charge >= 0.3 is 0 Å². The van der Waals surface area contributed by atoms with Crippen LogP contribution < -0.4 is 4.74 Å². The van der Waals surface area contributed by atoms with Crippen molar-refractivity contribution in [3.8, 4) is 11.8 Å². The monoisotopic (exact) mass is 302 g/mol. The molecule has 0 fully saturated rings. The fourth-order valence-electron chi connectivity index (χ4n) is 3.90. The van der Waals surface area contributed by atoms with Gasteiger partial charge in [-0.3, -0.25) is 0 Å². The van der Waals surface area contributed by atoms with Crippen LogP contribution in [0.3, 0.4) is 0 Å². The molecule has 3 heteroatoms. The molecule has 23 heavy (non-hydrogen) atoms. The van der Waals surface area contributed by atoms with E-state index >= 15 is 0 Å². The summed E-state index contributed by atoms with van der Waals surface area (Å²) in [6, 6.07) is 14.5. The van der Waals surface area contributed by atoms with Crippen molar-refractivity contribution in [1.82, 2.24) is 4.98 Å². The Kier molecular flexibility index (Phi) is 2.80. The Hall–Kier alpha value is -2.73. The molecule has 0 saturated carbocycles. The maximum atomic E-state index is 9.48. The van der Waals surface area contributed by atoms with E-state index in [4.69, 9.17) is 4.74 Å². The van der Waals surface area contributed by atoms with Gasteiger partial charge in [0.25, 0.3) is 0 Å². The smallest absolute Gasteiger partial charge is 0.119 e. The predicted octanol–water partition coefficient (Wildman–Crippen LogP) is 4.28. The third-order valence-corrected chi connectivity index (χ3v) is 5.03. The average molecular weight is 302 g/mol. The minimum Gasteiger partial charge on any atom is -0.497 e. The number of ether oxygens (including phenoxy) is 1. The van der Waals surface area contributed by atoms with E-state index in [2.05, 4.69) is 43.1 Å². The molecular weight excluding hydrogens is 284 g/mol. The molecular formula is C20H18N2O. The zero-order valence-corrected chi connectivity index (χ0v) is 13.5. The summed E-state index contributed by atoms with van der Waals surface area (Å²) in [6.07, 6.45) is 0.823. The fraction of sp³-hybridized carbons (Fsp3) is 0.250. The minimum atomic E-state index is -0.124. The fourth-order valence-corrected chi connectivity index (χ4v) is 3.90. The summed E-state index contributed by atoms with van der Waals surface area (Å²) in [5, 5.41) is 10.5. The molecule has 0 unspecified atom stereocenters. The van der Waals surface area contributed by atoms with Gasteiger partial charge in [0.2, 0.25) is 0 Å². The lowest BCUT2D eigenvalue weighted by atomic mass is 9.71. The lowest BCUT2D eigenvalue weighted by Crippen LogP contribution is -2.27. The van der Waals surface area contributed by atoms with E-state index in [1.807, 2.05) is 18.2 Å². The molecule has 1 heterocycles. The number of hydrogen-bond acceptors (Lipinski definition) is 2. The number of benzene rings is 2. The first-order valence-electron chi connectivity index (χ1n) is 7.78. The molecule has 1 aromatic heterocycles. The molecule has 0 aliphatic heterocycles. The molecule has 1 N–H and O–H groups in total. The van der Waals surface area contributed by atoms with Crippen molar-refractivity contribution in [3.63, 3.8) is 0 Å². The Labute approximate surface area is 135 Å². The summed E-state index contributed by atoms with van der Waals surface area (Å²) in [5.74, 6) is 0.878. The molecule has 0 amide bonds. The van der Waals surface area contributed by atoms with Crippen LogP contribution in [0.15, 0.2) is 36.4 Å². The average Bonchev–Trinajstić information content (AvgIpc) is 2.94. The highest BCUT2D eigenvalue weighted by Crippen LogP contribution is 2.44. The summed E-state index contributed by atoms with van der Waals surface area (Å²) in [7, 11) is 1.70. The van der Waals surface area contributed by atoms with Crippen LogP contribution in [0.5, 0.6) is 5.75 Å². The normalized spacial score (nSPS) is 14.9. The van der Waals surface area contributed by atoms with Gasteiger partial charge in [-0.1, -0.05) is 26.0 Å². The Bertz CT molecular complexity index is 973. The number of rotatable bonds is 1. The first-order chi connectivity index (χ1) is 11.1. The summed E-state index contributed by atoms with van der Waals surface area (Å²) in [4.78, 5) is 3.57. The number of nitriles is 1. The molecule has 0 saturated heterocycles. The van der Waals surface area contributed by atoms with E-state index in [0.717, 1.165) is 28.6 Å². The van der Waals surface area contributed by atoms with Crippen molar-refractivity contribution < 1.29 is 4.74 Å². The molecule has 0 bridgehead atoms. The van der Waals surface area contributed by atoms with Gasteiger partial charge in [-0.2, -0.15) is 5.26 Å². The van der Waals surface area contributed by atoms with Crippen molar-refractivity contribution in [2.75, 3.05) is 7.11 Å². The number of hydrogen-bond donors (Lipinski definition) is 1. The van der Waals surface area contributed by atoms with E-state index in [1.54, 1.807) is 7.11 Å². The Morgan fingerprint density at radius 2 is 2.04 bits per heavy atom. The second-order valence-electron chi connectivity index (χ2n) is 6.64. The third kappa shape index (κ3) is 1.82. The number of aromatic amines is 1.